The van der Waals surface area contributed by atoms with Crippen molar-refractivity contribution in [1.82, 2.24) is 0 Å². The van der Waals surface area contributed by atoms with Crippen molar-refractivity contribution < 1.29 is 4.74 Å². The average Bonchev–Trinajstić information content (AvgIpc) is 2.20. The molecule has 0 unspecified atom stereocenters. The Bertz CT molecular complexity index is 267. The van der Waals surface area contributed by atoms with Gasteiger partial charge in [0.2, 0.25) is 0 Å². The van der Waals surface area contributed by atoms with Gasteiger partial charge in [0.15, 0.2) is 0 Å². The number of hydrogen-bond donors (Lipinski definition) is 0. The fourth-order valence-electron chi connectivity index (χ4n) is 1.58. The molecule has 1 aromatic rings. The molecule has 1 aliphatic rings. The predicted molar refractivity (Wildman–Crippen MR) is 59.0 cm³/mol. The van der Waals surface area contributed by atoms with Gasteiger partial charge in [-0.2, -0.15) is 0 Å². The molecule has 1 aliphatic heterocycles. The fourth-order valence-corrected chi connectivity index (χ4v) is 1.91. The summed E-state index contributed by atoms with van der Waals surface area (Å²) >= 11 is 0. The van der Waals surface area contributed by atoms with E-state index in [-0.39, 0.29) is 0 Å². The van der Waals surface area contributed by atoms with E-state index in [1.54, 1.807) is 0 Å². The van der Waals surface area contributed by atoms with Crippen LogP contribution in [0.5, 0.6) is 0 Å². The molecule has 0 bridgehead atoms. The molecule has 0 N–H and O–H groups in total. The van der Waals surface area contributed by atoms with Gasteiger partial charge in [-0.1, -0.05) is 17.3 Å². The van der Waals surface area contributed by atoms with Crippen molar-refractivity contribution in [2.45, 2.75) is 0 Å². The molecule has 1 fully saturated rings. The molecule has 13 heavy (non-hydrogen) atoms. The summed E-state index contributed by atoms with van der Waals surface area (Å²) in [5.74, 6) is 0. The lowest BCUT2D eigenvalue weighted by molar-refractivity contribution is 0.122. The molecule has 0 aliphatic carbocycles. The molecule has 1 heterocycles. The molecule has 0 amide bonds. The lowest BCUT2D eigenvalue weighted by Gasteiger charge is -2.28. The zero-order chi connectivity index (χ0) is 9.10. The molecular formula is C10H15NOSi. The van der Waals surface area contributed by atoms with E-state index in [2.05, 4.69) is 29.2 Å². The Hall–Kier alpha value is -0.803. The van der Waals surface area contributed by atoms with Crippen LogP contribution in [-0.2, 0) is 4.74 Å². The number of ether oxygens (including phenoxy) is 1. The number of benzene rings is 1. The van der Waals surface area contributed by atoms with Gasteiger partial charge in [0.25, 0.3) is 0 Å². The first-order chi connectivity index (χ1) is 6.36. The zero-order valence-electron chi connectivity index (χ0n) is 7.99. The Morgan fingerprint density at radius 1 is 1.08 bits per heavy atom. The smallest absolute Gasteiger partial charge is 0.0642 e. The molecule has 1 saturated heterocycles. The maximum absolute atomic E-state index is 5.31. The molecule has 2 nitrogen and oxygen atoms in total. The molecular weight excluding hydrogens is 178 g/mol. The Balaban J connectivity index is 2.10. The van der Waals surface area contributed by atoms with Crippen molar-refractivity contribution in [1.29, 1.82) is 0 Å². The molecule has 0 radical (unpaired) electrons. The highest BCUT2D eigenvalue weighted by Gasteiger charge is 2.09. The van der Waals surface area contributed by atoms with Crippen molar-refractivity contribution in [2.24, 2.45) is 0 Å². The summed E-state index contributed by atoms with van der Waals surface area (Å²) in [7, 11) is 1.14. The molecule has 1 aromatic carbocycles. The third-order valence-electron chi connectivity index (χ3n) is 2.41. The quantitative estimate of drug-likeness (QED) is 0.558. The lowest BCUT2D eigenvalue weighted by atomic mass is 10.2. The highest BCUT2D eigenvalue weighted by molar-refractivity contribution is 6.32. The summed E-state index contributed by atoms with van der Waals surface area (Å²) in [4.78, 5) is 2.38. The van der Waals surface area contributed by atoms with E-state index in [0.717, 1.165) is 36.5 Å². The maximum Gasteiger partial charge on any atom is 0.0642 e. The van der Waals surface area contributed by atoms with Gasteiger partial charge in [-0.25, -0.2) is 0 Å². The van der Waals surface area contributed by atoms with Crippen LogP contribution in [0.3, 0.4) is 0 Å². The number of hydrogen-bond acceptors (Lipinski definition) is 2. The van der Waals surface area contributed by atoms with Gasteiger partial charge in [-0.15, -0.1) is 0 Å². The second-order valence-corrected chi connectivity index (χ2v) is 4.59. The fraction of sp³-hybridized carbons (Fsp3) is 0.400. The van der Waals surface area contributed by atoms with Gasteiger partial charge in [-0.05, 0) is 12.1 Å². The normalized spacial score (nSPS) is 17.7. The number of anilines is 1. The second-order valence-electron chi connectivity index (χ2n) is 3.43. The summed E-state index contributed by atoms with van der Waals surface area (Å²) in [6.07, 6.45) is 0. The van der Waals surface area contributed by atoms with Gasteiger partial charge in [0.05, 0.1) is 13.2 Å². The van der Waals surface area contributed by atoms with Crippen molar-refractivity contribution in [2.75, 3.05) is 31.2 Å². The summed E-state index contributed by atoms with van der Waals surface area (Å²) in [6, 6.07) is 8.87. The van der Waals surface area contributed by atoms with Crippen molar-refractivity contribution in [3.63, 3.8) is 0 Å². The minimum Gasteiger partial charge on any atom is -0.378 e. The van der Waals surface area contributed by atoms with Crippen molar-refractivity contribution >= 4 is 21.1 Å². The second kappa shape index (κ2) is 3.94. The molecule has 0 spiro atoms. The van der Waals surface area contributed by atoms with Crippen LogP contribution in [0.1, 0.15) is 0 Å². The van der Waals surface area contributed by atoms with Crippen LogP contribution in [0.15, 0.2) is 24.3 Å². The summed E-state index contributed by atoms with van der Waals surface area (Å²) < 4.78 is 5.31. The maximum atomic E-state index is 5.31. The average molecular weight is 193 g/mol. The number of morpholine rings is 1. The minimum absolute atomic E-state index is 0.864. The molecule has 0 aromatic heterocycles. The van der Waals surface area contributed by atoms with E-state index in [1.165, 1.54) is 10.9 Å². The van der Waals surface area contributed by atoms with E-state index in [1.807, 2.05) is 0 Å². The zero-order valence-corrected chi connectivity index (χ0v) is 9.99. The standard InChI is InChI=1S/C10H15NOSi/c13-10-3-1-9(2-4-10)11-5-7-12-8-6-11/h1-4H,5-8H2,13H3. The molecule has 0 atom stereocenters. The lowest BCUT2D eigenvalue weighted by Crippen LogP contribution is -2.36. The topological polar surface area (TPSA) is 12.5 Å². The van der Waals surface area contributed by atoms with Gasteiger partial charge in [0, 0.05) is 29.0 Å². The van der Waals surface area contributed by atoms with E-state index in [4.69, 9.17) is 4.74 Å². The highest BCUT2D eigenvalue weighted by Crippen LogP contribution is 2.13. The minimum atomic E-state index is 0.864. The van der Waals surface area contributed by atoms with Crippen LogP contribution in [0.2, 0.25) is 0 Å². The third-order valence-corrected chi connectivity index (χ3v) is 3.08. The van der Waals surface area contributed by atoms with Gasteiger partial charge < -0.3 is 9.64 Å². The van der Waals surface area contributed by atoms with Crippen LogP contribution in [0.4, 0.5) is 5.69 Å². The molecule has 0 saturated carbocycles. The molecule has 3 heteroatoms. The number of nitrogens with zero attached hydrogens (tertiary/aromatic N) is 1. The first-order valence-electron chi connectivity index (χ1n) is 4.75. The monoisotopic (exact) mass is 193 g/mol. The Morgan fingerprint density at radius 2 is 1.69 bits per heavy atom. The SMILES string of the molecule is [SiH3]c1ccc(N2CCOCC2)cc1. The molecule has 2 rings (SSSR count). The molecule has 70 valence electrons. The Labute approximate surface area is 81.9 Å². The van der Waals surface area contributed by atoms with Gasteiger partial charge in [-0.3, -0.25) is 0 Å². The number of rotatable bonds is 1. The van der Waals surface area contributed by atoms with Crippen LogP contribution in [-0.4, -0.2) is 36.5 Å². The van der Waals surface area contributed by atoms with E-state index in [9.17, 15) is 0 Å². The van der Waals surface area contributed by atoms with Crippen LogP contribution >= 0.6 is 0 Å². The van der Waals surface area contributed by atoms with Crippen molar-refractivity contribution in [3.05, 3.63) is 24.3 Å². The predicted octanol–water partition coefficient (Wildman–Crippen LogP) is -0.486. The first kappa shape index (κ1) is 8.78. The van der Waals surface area contributed by atoms with Gasteiger partial charge >= 0.3 is 0 Å². The Morgan fingerprint density at radius 3 is 2.31 bits per heavy atom. The summed E-state index contributed by atoms with van der Waals surface area (Å²) in [5, 5.41) is 1.46. The van der Waals surface area contributed by atoms with E-state index < -0.39 is 0 Å². The van der Waals surface area contributed by atoms with E-state index >= 15 is 0 Å². The van der Waals surface area contributed by atoms with Crippen molar-refractivity contribution in [3.8, 4) is 0 Å². The summed E-state index contributed by atoms with van der Waals surface area (Å²) in [5.41, 5.74) is 1.34. The van der Waals surface area contributed by atoms with Crippen LogP contribution < -0.4 is 10.1 Å². The Kier molecular flexibility index (Phi) is 2.66. The highest BCUT2D eigenvalue weighted by atomic mass is 28.1. The van der Waals surface area contributed by atoms with E-state index in [0.29, 0.717) is 0 Å². The van der Waals surface area contributed by atoms with Crippen LogP contribution in [0.25, 0.3) is 0 Å². The first-order valence-corrected chi connectivity index (χ1v) is 5.75. The van der Waals surface area contributed by atoms with Crippen LogP contribution in [0, 0.1) is 0 Å². The third kappa shape index (κ3) is 2.11. The summed E-state index contributed by atoms with van der Waals surface area (Å²) in [6.45, 7) is 3.78. The largest absolute Gasteiger partial charge is 0.378 e. The van der Waals surface area contributed by atoms with Gasteiger partial charge in [0.1, 0.15) is 0 Å².